The number of fused-ring (bicyclic) bond motifs is 1. The van der Waals surface area contributed by atoms with Gasteiger partial charge < -0.3 is 15.2 Å². The minimum absolute atomic E-state index is 0.0475. The zero-order chi connectivity index (χ0) is 22.1. The lowest BCUT2D eigenvalue weighted by Crippen LogP contribution is -2.13. The molecule has 0 spiro atoms. The van der Waals surface area contributed by atoms with Crippen LogP contribution in [0.1, 0.15) is 10.4 Å². The third-order valence-electron chi connectivity index (χ3n) is 4.72. The molecule has 5 rings (SSSR count). The zero-order valence-corrected chi connectivity index (χ0v) is 17.0. The lowest BCUT2D eigenvalue weighted by Gasteiger charge is -2.07. The van der Waals surface area contributed by atoms with Crippen LogP contribution in [0.5, 0.6) is 0 Å². The second-order valence-corrected chi connectivity index (χ2v) is 7.20. The van der Waals surface area contributed by atoms with Gasteiger partial charge in [-0.1, -0.05) is 29.8 Å². The van der Waals surface area contributed by atoms with E-state index >= 15 is 0 Å². The summed E-state index contributed by atoms with van der Waals surface area (Å²) in [5.41, 5.74) is 2.39. The number of hydrogen-bond acceptors (Lipinski definition) is 6. The van der Waals surface area contributed by atoms with Gasteiger partial charge in [0.15, 0.2) is 0 Å². The van der Waals surface area contributed by atoms with E-state index < -0.39 is 11.7 Å². The Bertz CT molecular complexity index is 1450. The molecule has 5 aromatic rings. The summed E-state index contributed by atoms with van der Waals surface area (Å²) >= 11 is 6.41. The molecule has 1 amide bonds. The highest BCUT2D eigenvalue weighted by atomic mass is 35.5. The van der Waals surface area contributed by atoms with Crippen LogP contribution in [0.4, 0.5) is 21.7 Å². The van der Waals surface area contributed by atoms with Gasteiger partial charge in [-0.15, -0.1) is 0 Å². The maximum atomic E-state index is 13.8. The number of nitrogens with zero attached hydrogens (tertiary/aromatic N) is 3. The van der Waals surface area contributed by atoms with E-state index in [9.17, 15) is 9.18 Å². The van der Waals surface area contributed by atoms with Crippen LogP contribution in [0.25, 0.3) is 22.4 Å². The highest BCUT2D eigenvalue weighted by Crippen LogP contribution is 2.32. The third-order valence-corrected chi connectivity index (χ3v) is 5.12. The fraction of sp³-hybridized carbons (Fsp3) is 0. The van der Waals surface area contributed by atoms with E-state index in [-0.39, 0.29) is 17.4 Å². The maximum absolute atomic E-state index is 13.8. The summed E-state index contributed by atoms with van der Waals surface area (Å²) in [4.78, 5) is 16.7. The van der Waals surface area contributed by atoms with Gasteiger partial charge in [-0.25, -0.2) is 4.39 Å². The number of carbonyl (C=O) groups is 1. The molecule has 3 aromatic carbocycles. The normalized spacial score (nSPS) is 10.9. The van der Waals surface area contributed by atoms with Crippen molar-refractivity contribution in [2.24, 2.45) is 0 Å². The molecule has 0 radical (unpaired) electrons. The lowest BCUT2D eigenvalue weighted by molar-refractivity contribution is 0.102. The standard InChI is InChI=1S/C22H14ClFN6O2/c23-19-15-11-25-29-17(15)8-9-18(19)27-22-28-21(32-30-22)12-4-3-5-13(10-12)26-20(31)14-6-1-2-7-16(14)24/h1-11H,(H,25,29)(H,26,31)(H,27,30). The predicted octanol–water partition coefficient (Wildman–Crippen LogP) is 5.40. The van der Waals surface area contributed by atoms with Crippen LogP contribution >= 0.6 is 11.6 Å². The summed E-state index contributed by atoms with van der Waals surface area (Å²) in [5, 5.41) is 17.7. The van der Waals surface area contributed by atoms with Gasteiger partial charge in [-0.05, 0) is 47.6 Å². The molecule has 0 bridgehead atoms. The molecule has 2 heterocycles. The molecule has 158 valence electrons. The van der Waals surface area contributed by atoms with E-state index in [2.05, 4.69) is 31.0 Å². The highest BCUT2D eigenvalue weighted by molar-refractivity contribution is 6.38. The molecule has 0 saturated carbocycles. The van der Waals surface area contributed by atoms with Gasteiger partial charge in [0.1, 0.15) is 5.82 Å². The Morgan fingerprint density at radius 2 is 1.97 bits per heavy atom. The van der Waals surface area contributed by atoms with Crippen molar-refractivity contribution in [1.29, 1.82) is 0 Å². The van der Waals surface area contributed by atoms with Crippen molar-refractivity contribution in [2.75, 3.05) is 10.6 Å². The van der Waals surface area contributed by atoms with E-state index in [4.69, 9.17) is 16.1 Å². The SMILES string of the molecule is O=C(Nc1cccc(-c2nc(Nc3ccc4[nH]ncc4c3Cl)no2)c1)c1ccccc1F. The quantitative estimate of drug-likeness (QED) is 0.332. The Labute approximate surface area is 185 Å². The molecule has 0 atom stereocenters. The van der Waals surface area contributed by atoms with Crippen LogP contribution in [0.3, 0.4) is 0 Å². The van der Waals surface area contributed by atoms with Gasteiger partial charge in [-0.2, -0.15) is 10.1 Å². The molecule has 10 heteroatoms. The summed E-state index contributed by atoms with van der Waals surface area (Å²) in [6.07, 6.45) is 1.63. The number of rotatable bonds is 5. The number of carbonyl (C=O) groups excluding carboxylic acids is 1. The minimum atomic E-state index is -0.596. The number of anilines is 3. The summed E-state index contributed by atoms with van der Waals surface area (Å²) in [7, 11) is 0. The average Bonchev–Trinajstić information content (AvgIpc) is 3.46. The molecule has 0 saturated heterocycles. The minimum Gasteiger partial charge on any atom is -0.332 e. The first kappa shape index (κ1) is 19.7. The van der Waals surface area contributed by atoms with Gasteiger partial charge in [0, 0.05) is 16.6 Å². The molecule has 2 aromatic heterocycles. The van der Waals surface area contributed by atoms with Crippen LogP contribution < -0.4 is 10.6 Å². The molecule has 0 aliphatic rings. The molecule has 3 N–H and O–H groups in total. The zero-order valence-electron chi connectivity index (χ0n) is 16.3. The van der Waals surface area contributed by atoms with E-state index in [1.54, 1.807) is 42.6 Å². The highest BCUT2D eigenvalue weighted by Gasteiger charge is 2.14. The largest absolute Gasteiger partial charge is 0.332 e. The maximum Gasteiger partial charge on any atom is 0.268 e. The number of aromatic amines is 1. The summed E-state index contributed by atoms with van der Waals surface area (Å²) in [6, 6.07) is 16.2. The molecule has 0 aliphatic heterocycles. The monoisotopic (exact) mass is 448 g/mol. The van der Waals surface area contributed by atoms with Crippen LogP contribution in [-0.4, -0.2) is 26.2 Å². The van der Waals surface area contributed by atoms with Crippen molar-refractivity contribution in [2.45, 2.75) is 0 Å². The van der Waals surface area contributed by atoms with Gasteiger partial charge in [0.05, 0.1) is 28.0 Å². The first-order chi connectivity index (χ1) is 15.6. The fourth-order valence-electron chi connectivity index (χ4n) is 3.17. The molecular formula is C22H14ClFN6O2. The van der Waals surface area contributed by atoms with Gasteiger partial charge in [-0.3, -0.25) is 9.89 Å². The first-order valence-corrected chi connectivity index (χ1v) is 9.85. The van der Waals surface area contributed by atoms with E-state index in [0.717, 1.165) is 10.9 Å². The van der Waals surface area contributed by atoms with E-state index in [0.29, 0.717) is 22.0 Å². The van der Waals surface area contributed by atoms with Gasteiger partial charge in [0.2, 0.25) is 0 Å². The number of aromatic nitrogens is 4. The van der Waals surface area contributed by atoms with Crippen molar-refractivity contribution >= 4 is 45.7 Å². The van der Waals surface area contributed by atoms with Crippen LogP contribution in [0.2, 0.25) is 5.02 Å². The molecule has 0 unspecified atom stereocenters. The lowest BCUT2D eigenvalue weighted by atomic mass is 10.1. The molecule has 0 fully saturated rings. The fourth-order valence-corrected chi connectivity index (χ4v) is 3.43. The summed E-state index contributed by atoms with van der Waals surface area (Å²) < 4.78 is 19.2. The molecule has 8 nitrogen and oxygen atoms in total. The third kappa shape index (κ3) is 3.77. The summed E-state index contributed by atoms with van der Waals surface area (Å²) in [6.45, 7) is 0. The molecular weight excluding hydrogens is 435 g/mol. The molecule has 0 aliphatic carbocycles. The first-order valence-electron chi connectivity index (χ1n) is 9.47. The average molecular weight is 449 g/mol. The van der Waals surface area contributed by atoms with Crippen LogP contribution in [0, 0.1) is 5.82 Å². The number of nitrogens with one attached hydrogen (secondary N) is 3. The van der Waals surface area contributed by atoms with Crippen molar-refractivity contribution < 1.29 is 13.7 Å². The Morgan fingerprint density at radius 3 is 2.84 bits per heavy atom. The van der Waals surface area contributed by atoms with Gasteiger partial charge >= 0.3 is 0 Å². The van der Waals surface area contributed by atoms with Crippen molar-refractivity contribution in [1.82, 2.24) is 20.3 Å². The van der Waals surface area contributed by atoms with E-state index in [1.807, 2.05) is 6.07 Å². The second kappa shape index (κ2) is 8.12. The number of halogens is 2. The number of benzene rings is 3. The smallest absolute Gasteiger partial charge is 0.268 e. The molecule has 32 heavy (non-hydrogen) atoms. The van der Waals surface area contributed by atoms with Crippen LogP contribution in [0.15, 0.2) is 71.4 Å². The van der Waals surface area contributed by atoms with Crippen LogP contribution in [-0.2, 0) is 0 Å². The Balaban J connectivity index is 1.35. The number of H-pyrrole nitrogens is 1. The van der Waals surface area contributed by atoms with Crippen molar-refractivity contribution in [3.63, 3.8) is 0 Å². The van der Waals surface area contributed by atoms with Crippen molar-refractivity contribution in [3.05, 3.63) is 83.3 Å². The number of hydrogen-bond donors (Lipinski definition) is 3. The Kier molecular flexibility index (Phi) is 5.00. The summed E-state index contributed by atoms with van der Waals surface area (Å²) in [5.74, 6) is -0.709. The Hall–Kier alpha value is -4.24. The Morgan fingerprint density at radius 1 is 1.09 bits per heavy atom. The topological polar surface area (TPSA) is 109 Å². The number of amides is 1. The van der Waals surface area contributed by atoms with E-state index in [1.165, 1.54) is 18.2 Å². The van der Waals surface area contributed by atoms with Gasteiger partial charge in [0.25, 0.3) is 17.7 Å². The van der Waals surface area contributed by atoms with Crippen molar-refractivity contribution in [3.8, 4) is 11.5 Å². The predicted molar refractivity (Wildman–Crippen MR) is 118 cm³/mol. The second-order valence-electron chi connectivity index (χ2n) is 6.82.